The second-order valence-corrected chi connectivity index (χ2v) is 8.66. The number of likely N-dealkylation sites (tertiary alicyclic amines) is 1. The number of hydrogen-bond acceptors (Lipinski definition) is 2. The van der Waals surface area contributed by atoms with E-state index in [0.717, 1.165) is 17.7 Å². The lowest BCUT2D eigenvalue weighted by Crippen LogP contribution is -2.44. The van der Waals surface area contributed by atoms with Crippen LogP contribution in [0.4, 0.5) is 5.69 Å². The molecule has 2 aliphatic rings. The summed E-state index contributed by atoms with van der Waals surface area (Å²) in [6, 6.07) is 25.3. The fourth-order valence-electron chi connectivity index (χ4n) is 4.89. The highest BCUT2D eigenvalue weighted by molar-refractivity contribution is 6.33. The molecule has 0 radical (unpaired) electrons. The number of carbonyl (C=O) groups is 2. The second-order valence-electron chi connectivity index (χ2n) is 8.25. The monoisotopic (exact) mass is 430 g/mol. The number of fused-ring (bicyclic) bond motifs is 2. The van der Waals surface area contributed by atoms with Crippen molar-refractivity contribution >= 4 is 29.1 Å². The van der Waals surface area contributed by atoms with Crippen molar-refractivity contribution in [2.24, 2.45) is 0 Å². The summed E-state index contributed by atoms with van der Waals surface area (Å²) in [5.74, 6) is -0.0189. The van der Waals surface area contributed by atoms with E-state index in [0.29, 0.717) is 36.6 Å². The van der Waals surface area contributed by atoms with Crippen molar-refractivity contribution in [1.82, 2.24) is 4.90 Å². The molecule has 3 aromatic carbocycles. The lowest BCUT2D eigenvalue weighted by molar-refractivity contribution is -0.122. The van der Waals surface area contributed by atoms with Crippen LogP contribution < -0.4 is 4.90 Å². The van der Waals surface area contributed by atoms with E-state index in [1.165, 1.54) is 5.56 Å². The van der Waals surface area contributed by atoms with Gasteiger partial charge in [0.05, 0.1) is 16.0 Å². The molecule has 0 aromatic heterocycles. The summed E-state index contributed by atoms with van der Waals surface area (Å²) < 4.78 is 0. The molecule has 5 rings (SSSR count). The zero-order valence-corrected chi connectivity index (χ0v) is 17.9. The third-order valence-electron chi connectivity index (χ3n) is 6.49. The third kappa shape index (κ3) is 3.31. The Morgan fingerprint density at radius 1 is 0.935 bits per heavy atom. The smallest absolute Gasteiger partial charge is 0.255 e. The predicted molar refractivity (Wildman–Crippen MR) is 123 cm³/mol. The number of amides is 2. The van der Waals surface area contributed by atoms with Crippen LogP contribution in [0.5, 0.6) is 0 Å². The van der Waals surface area contributed by atoms with Gasteiger partial charge in [-0.05, 0) is 42.2 Å². The van der Waals surface area contributed by atoms with E-state index < -0.39 is 5.41 Å². The van der Waals surface area contributed by atoms with Crippen molar-refractivity contribution in [2.45, 2.75) is 18.3 Å². The fourth-order valence-corrected chi connectivity index (χ4v) is 5.10. The van der Waals surface area contributed by atoms with Crippen LogP contribution in [0.1, 0.15) is 27.9 Å². The van der Waals surface area contributed by atoms with Gasteiger partial charge in [0.15, 0.2) is 0 Å². The SMILES string of the molecule is O=C(c1ccccc1Cl)N1CCC2(C1)C(=O)N(CCc1ccccc1)c1ccccc12. The van der Waals surface area contributed by atoms with Crippen molar-refractivity contribution < 1.29 is 9.59 Å². The highest BCUT2D eigenvalue weighted by atomic mass is 35.5. The van der Waals surface area contributed by atoms with Gasteiger partial charge in [-0.25, -0.2) is 0 Å². The molecule has 5 heteroatoms. The van der Waals surface area contributed by atoms with Crippen molar-refractivity contribution in [1.29, 1.82) is 0 Å². The van der Waals surface area contributed by atoms with E-state index in [1.54, 1.807) is 17.0 Å². The van der Waals surface area contributed by atoms with Gasteiger partial charge in [0.1, 0.15) is 0 Å². The highest BCUT2D eigenvalue weighted by Crippen LogP contribution is 2.47. The minimum absolute atomic E-state index is 0.0964. The number of carbonyl (C=O) groups excluding carboxylic acids is 2. The Hall–Kier alpha value is -3.11. The first-order valence-electron chi connectivity index (χ1n) is 10.6. The van der Waals surface area contributed by atoms with Crippen molar-refractivity contribution in [3.63, 3.8) is 0 Å². The summed E-state index contributed by atoms with van der Waals surface area (Å²) in [6.45, 7) is 1.55. The maximum absolute atomic E-state index is 13.7. The Bertz CT molecular complexity index is 1150. The lowest BCUT2D eigenvalue weighted by Gasteiger charge is -2.25. The predicted octanol–water partition coefficient (Wildman–Crippen LogP) is 4.71. The van der Waals surface area contributed by atoms with E-state index in [9.17, 15) is 9.59 Å². The van der Waals surface area contributed by atoms with Gasteiger partial charge >= 0.3 is 0 Å². The molecule has 4 nitrogen and oxygen atoms in total. The molecule has 2 aliphatic heterocycles. The number of benzene rings is 3. The molecular formula is C26H23ClN2O2. The number of para-hydroxylation sites is 1. The van der Waals surface area contributed by atoms with Gasteiger partial charge in [0.25, 0.3) is 5.91 Å². The minimum atomic E-state index is -0.676. The minimum Gasteiger partial charge on any atom is -0.337 e. The van der Waals surface area contributed by atoms with Crippen molar-refractivity contribution in [3.8, 4) is 0 Å². The Morgan fingerprint density at radius 2 is 1.65 bits per heavy atom. The van der Waals surface area contributed by atoms with Gasteiger partial charge in [0, 0.05) is 25.3 Å². The van der Waals surface area contributed by atoms with Gasteiger partial charge in [-0.1, -0.05) is 72.3 Å². The summed E-state index contributed by atoms with van der Waals surface area (Å²) in [4.78, 5) is 30.6. The summed E-state index contributed by atoms with van der Waals surface area (Å²) in [5.41, 5.74) is 3.01. The molecule has 0 aliphatic carbocycles. The highest BCUT2D eigenvalue weighted by Gasteiger charge is 2.55. The average molecular weight is 431 g/mol. The summed E-state index contributed by atoms with van der Waals surface area (Å²) >= 11 is 6.26. The normalized spacial score (nSPS) is 19.8. The van der Waals surface area contributed by atoms with Crippen molar-refractivity contribution in [3.05, 3.63) is 101 Å². The van der Waals surface area contributed by atoms with Crippen LogP contribution in [0.2, 0.25) is 5.02 Å². The first kappa shape index (κ1) is 19.8. The quantitative estimate of drug-likeness (QED) is 0.601. The van der Waals surface area contributed by atoms with Gasteiger partial charge < -0.3 is 9.80 Å². The largest absolute Gasteiger partial charge is 0.337 e. The van der Waals surface area contributed by atoms with Crippen LogP contribution in [-0.4, -0.2) is 36.3 Å². The Morgan fingerprint density at radius 3 is 2.45 bits per heavy atom. The first-order valence-corrected chi connectivity index (χ1v) is 11.0. The zero-order valence-electron chi connectivity index (χ0n) is 17.1. The van der Waals surface area contributed by atoms with Gasteiger partial charge in [-0.15, -0.1) is 0 Å². The summed E-state index contributed by atoms with van der Waals surface area (Å²) in [5, 5.41) is 0.441. The summed E-state index contributed by atoms with van der Waals surface area (Å²) in [6.07, 6.45) is 1.42. The van der Waals surface area contributed by atoms with Crippen molar-refractivity contribution in [2.75, 3.05) is 24.5 Å². The number of rotatable bonds is 4. The maximum atomic E-state index is 13.7. The standard InChI is InChI=1S/C26H23ClN2O2/c27-22-12-6-4-10-20(22)24(30)28-17-15-26(18-28)21-11-5-7-13-23(21)29(25(26)31)16-14-19-8-2-1-3-9-19/h1-13H,14-18H2. The topological polar surface area (TPSA) is 40.6 Å². The number of nitrogens with zero attached hydrogens (tertiary/aromatic N) is 2. The molecule has 2 heterocycles. The molecular weight excluding hydrogens is 408 g/mol. The third-order valence-corrected chi connectivity index (χ3v) is 6.82. The van der Waals surface area contributed by atoms with Gasteiger partial charge in [0.2, 0.25) is 5.91 Å². The van der Waals surface area contributed by atoms with E-state index in [2.05, 4.69) is 12.1 Å². The molecule has 0 bridgehead atoms. The van der Waals surface area contributed by atoms with Crippen LogP contribution in [0, 0.1) is 0 Å². The Balaban J connectivity index is 1.42. The van der Waals surface area contributed by atoms with E-state index in [1.807, 2.05) is 59.5 Å². The zero-order chi connectivity index (χ0) is 21.4. The fraction of sp³-hybridized carbons (Fsp3) is 0.231. The number of hydrogen-bond donors (Lipinski definition) is 0. The Labute approximate surface area is 187 Å². The number of anilines is 1. The molecule has 0 saturated carbocycles. The van der Waals surface area contributed by atoms with E-state index >= 15 is 0 Å². The maximum Gasteiger partial charge on any atom is 0.255 e. The van der Waals surface area contributed by atoms with E-state index in [-0.39, 0.29) is 11.8 Å². The molecule has 1 saturated heterocycles. The van der Waals surface area contributed by atoms with Crippen LogP contribution in [0.15, 0.2) is 78.9 Å². The van der Waals surface area contributed by atoms with Gasteiger partial charge in [-0.2, -0.15) is 0 Å². The molecule has 1 fully saturated rings. The van der Waals surface area contributed by atoms with Crippen LogP contribution in [-0.2, 0) is 16.6 Å². The molecule has 3 aromatic rings. The molecule has 0 N–H and O–H groups in total. The lowest BCUT2D eigenvalue weighted by atomic mass is 9.81. The second kappa shape index (κ2) is 7.86. The molecule has 31 heavy (non-hydrogen) atoms. The molecule has 156 valence electrons. The Kier molecular flexibility index (Phi) is 5.03. The van der Waals surface area contributed by atoms with Crippen LogP contribution in [0.3, 0.4) is 0 Å². The first-order chi connectivity index (χ1) is 15.1. The van der Waals surface area contributed by atoms with E-state index in [4.69, 9.17) is 11.6 Å². The summed E-state index contributed by atoms with van der Waals surface area (Å²) in [7, 11) is 0. The molecule has 1 unspecified atom stereocenters. The molecule has 2 amide bonds. The van der Waals surface area contributed by atoms with Crippen LogP contribution in [0.25, 0.3) is 0 Å². The average Bonchev–Trinajstić information content (AvgIpc) is 3.35. The van der Waals surface area contributed by atoms with Crippen LogP contribution >= 0.6 is 11.6 Å². The molecule has 1 spiro atoms. The van der Waals surface area contributed by atoms with Gasteiger partial charge in [-0.3, -0.25) is 9.59 Å². The molecule has 1 atom stereocenters. The number of halogens is 1.